The number of hydrogen-bond acceptors (Lipinski definition) is 7. The average Bonchev–Trinajstić information content (AvgIpc) is 4.02. The molecule has 0 aliphatic carbocycles. The number of aliphatic hydroxyl groups is 1. The minimum atomic E-state index is -0.773. The molecule has 234 valence electrons. The maximum absolute atomic E-state index is 10.5. The van der Waals surface area contributed by atoms with Gasteiger partial charge in [0.05, 0.1) is 13.2 Å². The van der Waals surface area contributed by atoms with Gasteiger partial charge in [-0.3, -0.25) is 0 Å². The summed E-state index contributed by atoms with van der Waals surface area (Å²) in [4.78, 5) is 0. The molecule has 2 aliphatic rings. The Balaban J connectivity index is 1.09. The van der Waals surface area contributed by atoms with Crippen molar-refractivity contribution in [3.05, 3.63) is 132 Å². The molecule has 0 saturated carbocycles. The van der Waals surface area contributed by atoms with Gasteiger partial charge in [0.2, 0.25) is 0 Å². The molecule has 4 unspecified atom stereocenters. The van der Waals surface area contributed by atoms with Crippen LogP contribution in [0.2, 0.25) is 0 Å². The molecule has 1 N–H and O–H groups in total. The summed E-state index contributed by atoms with van der Waals surface area (Å²) in [6, 6.07) is 32.5. The van der Waals surface area contributed by atoms with E-state index >= 15 is 0 Å². The van der Waals surface area contributed by atoms with Gasteiger partial charge in [0.15, 0.2) is 0 Å². The van der Waals surface area contributed by atoms with Gasteiger partial charge in [-0.25, -0.2) is 0 Å². The third-order valence-corrected chi connectivity index (χ3v) is 7.82. The van der Waals surface area contributed by atoms with Gasteiger partial charge < -0.3 is 33.5 Å². The molecule has 4 aromatic rings. The molecular formula is C38H40O7. The maximum Gasteiger partial charge on any atom is 0.122 e. The minimum Gasteiger partial charge on any atom is -0.491 e. The Morgan fingerprint density at radius 3 is 1.76 bits per heavy atom. The minimum absolute atomic E-state index is 0.112. The van der Waals surface area contributed by atoms with E-state index in [1.165, 1.54) is 11.1 Å². The summed E-state index contributed by atoms with van der Waals surface area (Å²) in [5.74, 6) is 3.24. The van der Waals surface area contributed by atoms with Crippen LogP contribution in [-0.4, -0.2) is 63.1 Å². The van der Waals surface area contributed by atoms with Crippen LogP contribution < -0.4 is 18.9 Å². The Hall–Kier alpha value is -4.30. The summed E-state index contributed by atoms with van der Waals surface area (Å²) in [6.45, 7) is 6.79. The van der Waals surface area contributed by atoms with Gasteiger partial charge in [-0.2, -0.15) is 0 Å². The zero-order valence-electron chi connectivity index (χ0n) is 25.4. The van der Waals surface area contributed by atoms with Gasteiger partial charge in [0, 0.05) is 5.92 Å². The first-order chi connectivity index (χ1) is 22.1. The van der Waals surface area contributed by atoms with E-state index in [0.29, 0.717) is 25.4 Å². The van der Waals surface area contributed by atoms with Gasteiger partial charge in [-0.1, -0.05) is 60.7 Å². The standard InChI is InChI=1S/C38H40O7/c1-2-5-30-6-3-4-7-38(30)45-22-31(39)21-40-33-16-10-28(11-17-33)37(29-12-18-34(19-13-29)42-24-36-26-44-36)20-27-8-14-32(15-9-27)41-23-35-25-43-35/h2-4,6-19,31,35-37,39H,1,5,20-26H2. The Bertz CT molecular complexity index is 1490. The van der Waals surface area contributed by atoms with Crippen LogP contribution in [-0.2, 0) is 22.3 Å². The van der Waals surface area contributed by atoms with E-state index in [9.17, 15) is 5.11 Å². The highest BCUT2D eigenvalue weighted by Crippen LogP contribution is 2.32. The second kappa shape index (κ2) is 15.1. The number of benzene rings is 4. The molecule has 0 amide bonds. The van der Waals surface area contributed by atoms with Crippen molar-refractivity contribution in [2.45, 2.75) is 37.1 Å². The van der Waals surface area contributed by atoms with Crippen LogP contribution in [0.15, 0.2) is 110 Å². The number of rotatable bonds is 18. The van der Waals surface area contributed by atoms with Crippen molar-refractivity contribution in [1.82, 2.24) is 0 Å². The number of para-hydroxylation sites is 1. The summed E-state index contributed by atoms with van der Waals surface area (Å²) in [5, 5.41) is 10.5. The normalized spacial score (nSPS) is 18.0. The third kappa shape index (κ3) is 9.35. The molecule has 7 heteroatoms. The SMILES string of the molecule is C=CCc1ccccc1OCC(O)COc1ccc(C(Cc2ccc(OCC3CO3)cc2)c2ccc(OCC3CO3)cc2)cc1. The van der Waals surface area contributed by atoms with Crippen LogP contribution in [0.3, 0.4) is 0 Å². The summed E-state index contributed by atoms with van der Waals surface area (Å²) < 4.78 is 34.0. The van der Waals surface area contributed by atoms with E-state index in [4.69, 9.17) is 28.4 Å². The van der Waals surface area contributed by atoms with Crippen molar-refractivity contribution >= 4 is 0 Å². The zero-order chi connectivity index (χ0) is 30.8. The molecule has 2 fully saturated rings. The van der Waals surface area contributed by atoms with Crippen LogP contribution in [0, 0.1) is 0 Å². The molecule has 2 aliphatic heterocycles. The summed E-state index contributed by atoms with van der Waals surface area (Å²) in [5.41, 5.74) is 4.60. The smallest absolute Gasteiger partial charge is 0.122 e. The summed E-state index contributed by atoms with van der Waals surface area (Å²) in [6.07, 6.45) is 3.03. The van der Waals surface area contributed by atoms with Crippen LogP contribution >= 0.6 is 0 Å². The van der Waals surface area contributed by atoms with Gasteiger partial charge >= 0.3 is 0 Å². The Morgan fingerprint density at radius 1 is 0.689 bits per heavy atom. The molecule has 0 spiro atoms. The van der Waals surface area contributed by atoms with Crippen molar-refractivity contribution in [2.75, 3.05) is 39.6 Å². The zero-order valence-corrected chi connectivity index (χ0v) is 25.4. The van der Waals surface area contributed by atoms with Gasteiger partial charge in [0.1, 0.15) is 67.7 Å². The van der Waals surface area contributed by atoms with Gasteiger partial charge in [0.25, 0.3) is 0 Å². The molecular weight excluding hydrogens is 568 g/mol. The lowest BCUT2D eigenvalue weighted by Crippen LogP contribution is -2.25. The molecule has 6 rings (SSSR count). The summed E-state index contributed by atoms with van der Waals surface area (Å²) in [7, 11) is 0. The number of epoxide rings is 2. The Kier molecular flexibility index (Phi) is 10.3. The number of allylic oxidation sites excluding steroid dienone is 1. The first kappa shape index (κ1) is 30.7. The van der Waals surface area contributed by atoms with Crippen molar-refractivity contribution in [2.24, 2.45) is 0 Å². The largest absolute Gasteiger partial charge is 0.491 e. The van der Waals surface area contributed by atoms with Gasteiger partial charge in [-0.15, -0.1) is 6.58 Å². The monoisotopic (exact) mass is 608 g/mol. The van der Waals surface area contributed by atoms with Crippen LogP contribution in [0.25, 0.3) is 0 Å². The highest BCUT2D eigenvalue weighted by Gasteiger charge is 2.24. The highest BCUT2D eigenvalue weighted by molar-refractivity contribution is 5.41. The molecule has 2 heterocycles. The van der Waals surface area contributed by atoms with E-state index in [1.807, 2.05) is 66.7 Å². The lowest BCUT2D eigenvalue weighted by molar-refractivity contribution is 0.0623. The first-order valence-electron chi connectivity index (χ1n) is 15.5. The van der Waals surface area contributed by atoms with Gasteiger partial charge in [-0.05, 0) is 77.6 Å². The number of hydrogen-bond donors (Lipinski definition) is 1. The fourth-order valence-electron chi connectivity index (χ4n) is 5.08. The molecule has 2 saturated heterocycles. The van der Waals surface area contributed by atoms with Crippen LogP contribution in [0.4, 0.5) is 0 Å². The molecule has 4 atom stereocenters. The molecule has 7 nitrogen and oxygen atoms in total. The predicted molar refractivity (Wildman–Crippen MR) is 173 cm³/mol. The van der Waals surface area contributed by atoms with E-state index in [1.54, 1.807) is 0 Å². The van der Waals surface area contributed by atoms with E-state index < -0.39 is 6.10 Å². The average molecular weight is 609 g/mol. The second-order valence-corrected chi connectivity index (χ2v) is 11.4. The highest BCUT2D eigenvalue weighted by atomic mass is 16.6. The van der Waals surface area contributed by atoms with Crippen molar-refractivity contribution in [3.8, 4) is 23.0 Å². The quantitative estimate of drug-likeness (QED) is 0.107. The fraction of sp³-hybridized carbons (Fsp3) is 0.316. The van der Waals surface area contributed by atoms with Crippen LogP contribution in [0.1, 0.15) is 28.2 Å². The van der Waals surface area contributed by atoms with Crippen molar-refractivity contribution < 1.29 is 33.5 Å². The molecule has 4 aromatic carbocycles. The van der Waals surface area contributed by atoms with E-state index in [0.717, 1.165) is 48.0 Å². The maximum atomic E-state index is 10.5. The summed E-state index contributed by atoms with van der Waals surface area (Å²) >= 11 is 0. The molecule has 0 aromatic heterocycles. The molecule has 45 heavy (non-hydrogen) atoms. The van der Waals surface area contributed by atoms with Crippen molar-refractivity contribution in [1.29, 1.82) is 0 Å². The predicted octanol–water partition coefficient (Wildman–Crippen LogP) is 6.16. The number of aliphatic hydroxyl groups excluding tert-OH is 1. The van der Waals surface area contributed by atoms with E-state index in [2.05, 4.69) is 43.0 Å². The third-order valence-electron chi connectivity index (χ3n) is 7.82. The molecule has 0 radical (unpaired) electrons. The number of ether oxygens (including phenoxy) is 6. The van der Waals surface area contributed by atoms with Crippen LogP contribution in [0.5, 0.6) is 23.0 Å². The Morgan fingerprint density at radius 2 is 1.20 bits per heavy atom. The second-order valence-electron chi connectivity index (χ2n) is 11.4. The van der Waals surface area contributed by atoms with Crippen molar-refractivity contribution in [3.63, 3.8) is 0 Å². The van der Waals surface area contributed by atoms with E-state index in [-0.39, 0.29) is 31.3 Å². The first-order valence-corrected chi connectivity index (χ1v) is 15.5. The Labute approximate surface area is 264 Å². The lowest BCUT2D eigenvalue weighted by atomic mass is 9.86. The molecule has 0 bridgehead atoms. The lowest BCUT2D eigenvalue weighted by Gasteiger charge is -2.20. The topological polar surface area (TPSA) is 82.2 Å². The fourth-order valence-corrected chi connectivity index (χ4v) is 5.08.